The van der Waals surface area contributed by atoms with E-state index < -0.39 is 15.9 Å². The Kier molecular flexibility index (Phi) is 23.6. The number of allylic oxidation sites excluding steroid dienone is 2. The molecule has 0 bridgehead atoms. The van der Waals surface area contributed by atoms with E-state index in [9.17, 15) is 13.2 Å². The normalized spacial score (nSPS) is 11.4. The summed E-state index contributed by atoms with van der Waals surface area (Å²) < 4.78 is 30.6. The second-order valence-corrected chi connectivity index (χ2v) is 9.32. The third-order valence-corrected chi connectivity index (χ3v) is 5.67. The van der Waals surface area contributed by atoms with Crippen LogP contribution < -0.4 is 29.6 Å². The molecule has 0 aromatic carbocycles. The summed E-state index contributed by atoms with van der Waals surface area (Å²) in [6.07, 6.45) is 22.3. The van der Waals surface area contributed by atoms with Crippen molar-refractivity contribution in [3.63, 3.8) is 0 Å². The molecule has 0 aromatic heterocycles. The Labute approximate surface area is 209 Å². The van der Waals surface area contributed by atoms with Crippen molar-refractivity contribution in [3.05, 3.63) is 24.8 Å². The van der Waals surface area contributed by atoms with E-state index in [2.05, 4.69) is 25.7 Å². The quantitative estimate of drug-likeness (QED) is 0.133. The van der Waals surface area contributed by atoms with E-state index in [4.69, 9.17) is 4.55 Å². The van der Waals surface area contributed by atoms with Gasteiger partial charge in [0.05, 0.1) is 5.75 Å². The fourth-order valence-corrected chi connectivity index (χ4v) is 3.66. The van der Waals surface area contributed by atoms with Crippen molar-refractivity contribution in [2.45, 2.75) is 96.8 Å². The summed E-state index contributed by atoms with van der Waals surface area (Å²) in [6.45, 7) is 6.15. The minimum absolute atomic E-state index is 0. The molecule has 30 heavy (non-hydrogen) atoms. The van der Waals surface area contributed by atoms with Crippen LogP contribution in [-0.4, -0.2) is 42.6 Å². The molecule has 0 rings (SSSR count). The van der Waals surface area contributed by atoms with Gasteiger partial charge in [0, 0.05) is 19.5 Å². The van der Waals surface area contributed by atoms with E-state index in [1.165, 1.54) is 62.7 Å². The van der Waals surface area contributed by atoms with Crippen LogP contribution in [-0.2, 0) is 14.9 Å². The molecule has 5 nitrogen and oxygen atoms in total. The van der Waals surface area contributed by atoms with Crippen LogP contribution in [0.15, 0.2) is 24.8 Å². The Hall–Kier alpha value is -0.140. The summed E-state index contributed by atoms with van der Waals surface area (Å²) >= 11 is 0. The smallest absolute Gasteiger partial charge is 1.00 e. The van der Waals surface area contributed by atoms with Crippen LogP contribution in [0.2, 0.25) is 0 Å². The molecule has 7 heteroatoms. The zero-order valence-electron chi connectivity index (χ0n) is 20.5. The predicted molar refractivity (Wildman–Crippen MR) is 124 cm³/mol. The molecule has 1 N–H and O–H groups in total. The second-order valence-electron chi connectivity index (χ2n) is 7.75. The first kappa shape index (κ1) is 32.0. The van der Waals surface area contributed by atoms with Crippen LogP contribution >= 0.6 is 0 Å². The third kappa shape index (κ3) is 22.5. The van der Waals surface area contributed by atoms with Crippen molar-refractivity contribution in [1.29, 1.82) is 0 Å². The number of amides is 1. The largest absolute Gasteiger partial charge is 1.00 e. The maximum Gasteiger partial charge on any atom is 1.00 e. The van der Waals surface area contributed by atoms with Gasteiger partial charge in [-0.1, -0.05) is 76.5 Å². The summed E-state index contributed by atoms with van der Waals surface area (Å²) in [5.41, 5.74) is 0. The molecule has 0 spiro atoms. The molecule has 0 fully saturated rings. The van der Waals surface area contributed by atoms with Gasteiger partial charge >= 0.3 is 29.6 Å². The molecule has 1 amide bonds. The molecule has 0 aliphatic rings. The number of carbonyl (C=O) groups excluding carboxylic acids is 1. The molecule has 0 unspecified atom stereocenters. The van der Waals surface area contributed by atoms with E-state index in [-0.39, 0.29) is 43.4 Å². The number of hydrogen-bond acceptors (Lipinski definition) is 3. The summed E-state index contributed by atoms with van der Waals surface area (Å²) in [5, 5.41) is 0. The minimum Gasteiger partial charge on any atom is -1.00 e. The van der Waals surface area contributed by atoms with E-state index >= 15 is 0 Å². The van der Waals surface area contributed by atoms with E-state index in [0.29, 0.717) is 13.0 Å². The molecule has 0 saturated heterocycles. The van der Waals surface area contributed by atoms with Gasteiger partial charge in [0.1, 0.15) is 0 Å². The van der Waals surface area contributed by atoms with Crippen LogP contribution in [0.1, 0.15) is 98.2 Å². The minimum atomic E-state index is -4.06. The average molecular weight is 454 g/mol. The molecule has 0 saturated carbocycles. The molecule has 0 radical (unpaired) electrons. The average Bonchev–Trinajstić information content (AvgIpc) is 2.67. The Morgan fingerprint density at radius 1 is 0.933 bits per heavy atom. The van der Waals surface area contributed by atoms with Gasteiger partial charge in [-0.15, -0.1) is 6.58 Å². The summed E-state index contributed by atoms with van der Waals surface area (Å²) in [4.78, 5) is 13.6. The molecular formula is C23H44NNaO4S. The van der Waals surface area contributed by atoms with E-state index in [1.807, 2.05) is 0 Å². The molecular weight excluding hydrogens is 409 g/mol. The fraction of sp³-hybridized carbons (Fsp3) is 0.783. The SMILES string of the molecule is C=CCN(CCS(=O)(=O)O)C(=O)CCCCCCCC=CCCCCCCCC.[H-].[Na+]. The first-order valence-electron chi connectivity index (χ1n) is 11.4. The van der Waals surface area contributed by atoms with Gasteiger partial charge in [0.25, 0.3) is 10.1 Å². The number of carbonyl (C=O) groups is 1. The van der Waals surface area contributed by atoms with Crippen LogP contribution in [0.3, 0.4) is 0 Å². The van der Waals surface area contributed by atoms with Crippen molar-refractivity contribution in [2.24, 2.45) is 0 Å². The van der Waals surface area contributed by atoms with Gasteiger partial charge in [0.15, 0.2) is 0 Å². The van der Waals surface area contributed by atoms with Crippen molar-refractivity contribution >= 4 is 16.0 Å². The van der Waals surface area contributed by atoms with Gasteiger partial charge < -0.3 is 6.33 Å². The summed E-state index contributed by atoms with van der Waals surface area (Å²) in [7, 11) is -4.06. The van der Waals surface area contributed by atoms with Crippen molar-refractivity contribution < 1.29 is 48.7 Å². The summed E-state index contributed by atoms with van der Waals surface area (Å²) in [6, 6.07) is 0. The zero-order valence-corrected chi connectivity index (χ0v) is 22.3. The van der Waals surface area contributed by atoms with Crippen LogP contribution in [0, 0.1) is 0 Å². The molecule has 0 aliphatic heterocycles. The number of hydrogen-bond donors (Lipinski definition) is 1. The molecule has 172 valence electrons. The Balaban J connectivity index is -0.00000392. The monoisotopic (exact) mass is 453 g/mol. The van der Waals surface area contributed by atoms with Gasteiger partial charge in [-0.3, -0.25) is 9.35 Å². The Morgan fingerprint density at radius 2 is 1.43 bits per heavy atom. The third-order valence-electron chi connectivity index (χ3n) is 4.97. The molecule has 0 heterocycles. The Morgan fingerprint density at radius 3 is 1.93 bits per heavy atom. The van der Waals surface area contributed by atoms with Gasteiger partial charge in [0.2, 0.25) is 5.91 Å². The van der Waals surface area contributed by atoms with Crippen LogP contribution in [0.5, 0.6) is 0 Å². The molecule has 0 atom stereocenters. The number of rotatable bonds is 20. The van der Waals surface area contributed by atoms with E-state index in [0.717, 1.165) is 25.7 Å². The second kappa shape index (κ2) is 22.1. The van der Waals surface area contributed by atoms with Crippen molar-refractivity contribution in [3.8, 4) is 0 Å². The van der Waals surface area contributed by atoms with Crippen LogP contribution in [0.25, 0.3) is 0 Å². The maximum absolute atomic E-state index is 12.2. The van der Waals surface area contributed by atoms with Gasteiger partial charge in [-0.25, -0.2) is 0 Å². The first-order chi connectivity index (χ1) is 13.9. The molecule has 0 aliphatic carbocycles. The molecule has 0 aromatic rings. The first-order valence-corrected chi connectivity index (χ1v) is 13.0. The van der Waals surface area contributed by atoms with Crippen LogP contribution in [0.4, 0.5) is 0 Å². The van der Waals surface area contributed by atoms with Gasteiger partial charge in [-0.05, 0) is 32.1 Å². The number of nitrogens with zero attached hydrogens (tertiary/aromatic N) is 1. The van der Waals surface area contributed by atoms with Crippen molar-refractivity contribution in [2.75, 3.05) is 18.8 Å². The standard InChI is InChI=1S/C23H43NO4S.Na.H/c1-3-5-6-7-8-9-10-11-12-13-14-15-16-17-18-19-23(25)24(20-4-2)21-22-29(26,27)28;;/h4,11-12H,2-3,5-10,13-22H2,1H3,(H,26,27,28);;/q;+1;-1. The predicted octanol–water partition coefficient (Wildman–Crippen LogP) is 3.04. The number of unbranched alkanes of at least 4 members (excludes halogenated alkanes) is 11. The van der Waals surface area contributed by atoms with Crippen molar-refractivity contribution in [1.82, 2.24) is 4.90 Å². The van der Waals surface area contributed by atoms with Gasteiger partial charge in [-0.2, -0.15) is 8.42 Å². The fourth-order valence-electron chi connectivity index (χ4n) is 3.20. The summed E-state index contributed by atoms with van der Waals surface area (Å²) in [5.74, 6) is -0.509. The van der Waals surface area contributed by atoms with E-state index in [1.54, 1.807) is 6.08 Å². The maximum atomic E-state index is 12.2. The zero-order chi connectivity index (χ0) is 21.8. The Bertz CT molecular complexity index is 556. The topological polar surface area (TPSA) is 74.7 Å².